The zero-order chi connectivity index (χ0) is 30.6. The maximum Gasteiger partial charge on any atom is 0.306 e. The molecule has 0 spiro atoms. The third kappa shape index (κ3) is 45.1. The molecule has 0 bridgehead atoms. The molecule has 12 nitrogen and oxygen atoms in total. The average molecular weight is 809 g/mol. The van der Waals surface area contributed by atoms with Crippen molar-refractivity contribution in [3.63, 3.8) is 0 Å². The fraction of sp³-hybridized carbons (Fsp3) is 0.882. The maximum absolute atomic E-state index is 11.6. The molecule has 0 N–H and O–H groups in total. The first kappa shape index (κ1) is 74.3. The van der Waals surface area contributed by atoms with Gasteiger partial charge in [0.1, 0.15) is 26.4 Å². The SMILES string of the molecule is C.C.C.C.C.C.C.C.C.O=C(CCS)OCCOCC(COCCOC(=O)CCS)(COCCOC(=O)CCS)COCCOC(=O)CCS. The lowest BCUT2D eigenvalue weighted by molar-refractivity contribution is -0.151. The minimum atomic E-state index is -0.853. The van der Waals surface area contributed by atoms with E-state index in [9.17, 15) is 19.2 Å². The summed E-state index contributed by atoms with van der Waals surface area (Å²) in [5.74, 6) is 0.0163. The van der Waals surface area contributed by atoms with Crippen molar-refractivity contribution in [3.05, 3.63) is 0 Å². The zero-order valence-electron chi connectivity index (χ0n) is 23.3. The molecule has 0 amide bonds. The van der Waals surface area contributed by atoms with Crippen LogP contribution in [-0.2, 0) is 57.1 Å². The van der Waals surface area contributed by atoms with Crippen LogP contribution in [0.15, 0.2) is 0 Å². The number of ether oxygens (including phenoxy) is 8. The van der Waals surface area contributed by atoms with Crippen LogP contribution in [0.5, 0.6) is 0 Å². The highest BCUT2D eigenvalue weighted by atomic mass is 32.1. The topological polar surface area (TPSA) is 142 Å². The first-order chi connectivity index (χ1) is 19.8. The first-order valence-electron chi connectivity index (χ1n) is 13.2. The predicted molar refractivity (Wildman–Crippen MR) is 224 cm³/mol. The van der Waals surface area contributed by atoms with Gasteiger partial charge in [0.25, 0.3) is 0 Å². The van der Waals surface area contributed by atoms with Gasteiger partial charge in [-0.05, 0) is 0 Å². The van der Waals surface area contributed by atoms with Gasteiger partial charge in [-0.2, -0.15) is 50.5 Å². The highest BCUT2D eigenvalue weighted by molar-refractivity contribution is 7.80. The van der Waals surface area contributed by atoms with Gasteiger partial charge in [0, 0.05) is 23.0 Å². The standard InChI is InChI=1S/C25H44O12S4.9CH4/c26-21(1-13-38)34-9-5-30-17-25(18-31-6-10-35-22(27)2-14-39,19-32-7-11-36-23(28)3-15-40)20-33-8-12-37-24(29)4-16-41;;;;;;;;;/h38-41H,1-20H2;9*1H4. The van der Waals surface area contributed by atoms with Crippen molar-refractivity contribution >= 4 is 74.4 Å². The molecule has 0 aromatic rings. The molecular formula is C34H80O12S4. The molecule has 0 atom stereocenters. The van der Waals surface area contributed by atoms with E-state index in [1.54, 1.807) is 0 Å². The predicted octanol–water partition coefficient (Wildman–Crippen LogP) is 7.22. The molecule has 0 saturated carbocycles. The lowest BCUT2D eigenvalue weighted by Crippen LogP contribution is -2.43. The summed E-state index contributed by atoms with van der Waals surface area (Å²) in [5.41, 5.74) is -0.853. The van der Waals surface area contributed by atoms with Crippen LogP contribution in [0.4, 0.5) is 0 Å². The van der Waals surface area contributed by atoms with E-state index in [1.165, 1.54) is 0 Å². The number of hydrogen-bond donors (Lipinski definition) is 4. The summed E-state index contributed by atoms with van der Waals surface area (Å²) in [6.45, 7) is 1.03. The summed E-state index contributed by atoms with van der Waals surface area (Å²) in [7, 11) is 0. The summed E-state index contributed by atoms with van der Waals surface area (Å²) in [6, 6.07) is 0. The highest BCUT2D eigenvalue weighted by Gasteiger charge is 2.33. The van der Waals surface area contributed by atoms with Gasteiger partial charge in [-0.15, -0.1) is 0 Å². The van der Waals surface area contributed by atoms with Crippen LogP contribution in [0.3, 0.4) is 0 Å². The van der Waals surface area contributed by atoms with E-state index >= 15 is 0 Å². The van der Waals surface area contributed by atoms with Crippen LogP contribution in [-0.4, -0.2) is 126 Å². The Morgan fingerprint density at radius 2 is 0.520 bits per heavy atom. The molecule has 0 aliphatic carbocycles. The van der Waals surface area contributed by atoms with Crippen LogP contribution in [0, 0.1) is 5.41 Å². The summed E-state index contributed by atoms with van der Waals surface area (Å²) in [4.78, 5) is 46.3. The Bertz CT molecular complexity index is 602. The Balaban J connectivity index is -0.000000222. The molecule has 0 radical (unpaired) electrons. The second-order valence-corrected chi connectivity index (χ2v) is 10.3. The lowest BCUT2D eigenvalue weighted by atomic mass is 9.92. The van der Waals surface area contributed by atoms with Crippen LogP contribution in [0.2, 0.25) is 0 Å². The number of esters is 4. The Morgan fingerprint density at radius 1 is 0.340 bits per heavy atom. The van der Waals surface area contributed by atoms with Crippen molar-refractivity contribution in [1.82, 2.24) is 0 Å². The van der Waals surface area contributed by atoms with E-state index in [4.69, 9.17) is 37.9 Å². The van der Waals surface area contributed by atoms with Gasteiger partial charge in [-0.25, -0.2) is 0 Å². The second-order valence-electron chi connectivity index (χ2n) is 8.49. The third-order valence-electron chi connectivity index (χ3n) is 4.86. The van der Waals surface area contributed by atoms with Crippen molar-refractivity contribution in [1.29, 1.82) is 0 Å². The first-order valence-corrected chi connectivity index (χ1v) is 15.7. The van der Waals surface area contributed by atoms with Gasteiger partial charge in [0.2, 0.25) is 0 Å². The number of carbonyl (C=O) groups is 4. The van der Waals surface area contributed by atoms with Crippen molar-refractivity contribution in [2.24, 2.45) is 5.41 Å². The van der Waals surface area contributed by atoms with Gasteiger partial charge in [-0.3, -0.25) is 19.2 Å². The second kappa shape index (κ2) is 52.5. The van der Waals surface area contributed by atoms with Crippen LogP contribution >= 0.6 is 50.5 Å². The fourth-order valence-electron chi connectivity index (χ4n) is 2.92. The van der Waals surface area contributed by atoms with Crippen molar-refractivity contribution in [3.8, 4) is 0 Å². The molecule has 0 fully saturated rings. The molecule has 16 heteroatoms. The molecule has 0 aliphatic rings. The maximum atomic E-state index is 11.6. The molecule has 0 aromatic heterocycles. The monoisotopic (exact) mass is 808 g/mol. The van der Waals surface area contributed by atoms with Gasteiger partial charge >= 0.3 is 23.9 Å². The molecule has 312 valence electrons. The molecule has 50 heavy (non-hydrogen) atoms. The fourth-order valence-corrected chi connectivity index (χ4v) is 3.65. The molecular weight excluding hydrogens is 729 g/mol. The van der Waals surface area contributed by atoms with Gasteiger partial charge in [-0.1, -0.05) is 66.8 Å². The summed E-state index contributed by atoms with van der Waals surface area (Å²) < 4.78 is 43.5. The quantitative estimate of drug-likeness (QED) is 0.0275. The van der Waals surface area contributed by atoms with E-state index in [2.05, 4.69) is 50.5 Å². The number of thiol groups is 4. The number of rotatable bonds is 28. The summed E-state index contributed by atoms with van der Waals surface area (Å²) in [5, 5.41) is 0. The number of hydrogen-bond acceptors (Lipinski definition) is 16. The number of carbonyl (C=O) groups excluding carboxylic acids is 4. The van der Waals surface area contributed by atoms with E-state index in [-0.39, 0.29) is 196 Å². The van der Waals surface area contributed by atoms with Crippen LogP contribution < -0.4 is 0 Å². The Labute approximate surface area is 330 Å². The molecule has 0 unspecified atom stereocenters. The van der Waals surface area contributed by atoms with E-state index in [0.717, 1.165) is 0 Å². The van der Waals surface area contributed by atoms with Crippen molar-refractivity contribution in [2.75, 3.05) is 102 Å². The van der Waals surface area contributed by atoms with E-state index in [1.807, 2.05) is 0 Å². The van der Waals surface area contributed by atoms with Crippen molar-refractivity contribution in [2.45, 2.75) is 92.5 Å². The minimum absolute atomic E-state index is 0. The largest absolute Gasteiger partial charge is 0.463 e. The minimum Gasteiger partial charge on any atom is -0.463 e. The van der Waals surface area contributed by atoms with Gasteiger partial charge in [0.05, 0.1) is 84.0 Å². The normalized spacial score (nSPS) is 9.20. The van der Waals surface area contributed by atoms with Crippen molar-refractivity contribution < 1.29 is 57.1 Å². The molecule has 0 heterocycles. The van der Waals surface area contributed by atoms with Gasteiger partial charge < -0.3 is 37.9 Å². The Kier molecular flexibility index (Phi) is 78.0. The zero-order valence-corrected chi connectivity index (χ0v) is 26.9. The molecule has 0 aliphatic heterocycles. The molecule has 0 rings (SSSR count). The average Bonchev–Trinajstić information content (AvgIpc) is 2.93. The van der Waals surface area contributed by atoms with Gasteiger partial charge in [0.15, 0.2) is 0 Å². The Morgan fingerprint density at radius 3 is 0.680 bits per heavy atom. The Hall–Kier alpha value is -0.880. The summed E-state index contributed by atoms with van der Waals surface area (Å²) in [6.07, 6.45) is 0.771. The third-order valence-corrected chi connectivity index (χ3v) is 5.75. The molecule has 0 aromatic carbocycles. The van der Waals surface area contributed by atoms with E-state index < -0.39 is 5.41 Å². The smallest absolute Gasteiger partial charge is 0.306 e. The lowest BCUT2D eigenvalue weighted by Gasteiger charge is -2.33. The van der Waals surface area contributed by atoms with Crippen LogP contribution in [0.25, 0.3) is 0 Å². The van der Waals surface area contributed by atoms with E-state index in [0.29, 0.717) is 23.0 Å². The summed E-state index contributed by atoms with van der Waals surface area (Å²) >= 11 is 16.0. The van der Waals surface area contributed by atoms with Crippen LogP contribution in [0.1, 0.15) is 92.5 Å². The molecule has 0 saturated heterocycles. The highest BCUT2D eigenvalue weighted by Crippen LogP contribution is 2.21.